The molecule has 2 heterocycles. The second-order valence-corrected chi connectivity index (χ2v) is 13.3. The number of rotatable bonds is 12. The second-order valence-electron chi connectivity index (χ2n) is 13.3. The lowest BCUT2D eigenvalue weighted by atomic mass is 9.77. The fourth-order valence-electron chi connectivity index (χ4n) is 7.03. The van der Waals surface area contributed by atoms with E-state index in [0.717, 1.165) is 38.9 Å². The summed E-state index contributed by atoms with van der Waals surface area (Å²) in [5.41, 5.74) is 4.86. The SMILES string of the molecule is COCc1nc(C(C)(C)O)c(C(=O)OC)n1Cc1ccc(-c2ccccc2-c2nnnn2C(c2ccccc2)(c2ccccc2)c2ccccc2)cc1. The summed E-state index contributed by atoms with van der Waals surface area (Å²) < 4.78 is 14.2. The molecular weight excluding hydrogens is 665 g/mol. The third-order valence-corrected chi connectivity index (χ3v) is 9.41. The number of aromatic nitrogens is 6. The number of nitrogens with zero attached hydrogens (tertiary/aromatic N) is 6. The monoisotopic (exact) mass is 704 g/mol. The molecule has 266 valence electrons. The molecule has 2 aromatic heterocycles. The fraction of sp³-hybridized carbons (Fsp3) is 0.186. The van der Waals surface area contributed by atoms with Crippen LogP contribution in [0.2, 0.25) is 0 Å². The molecule has 0 radical (unpaired) electrons. The first kappa shape index (κ1) is 35.2. The molecule has 0 unspecified atom stereocenters. The van der Waals surface area contributed by atoms with Crippen LogP contribution < -0.4 is 0 Å². The van der Waals surface area contributed by atoms with Crippen LogP contribution in [0.3, 0.4) is 0 Å². The van der Waals surface area contributed by atoms with E-state index in [1.807, 2.05) is 102 Å². The highest BCUT2D eigenvalue weighted by Gasteiger charge is 2.42. The third kappa shape index (κ3) is 6.54. The van der Waals surface area contributed by atoms with Gasteiger partial charge in [-0.1, -0.05) is 140 Å². The quantitative estimate of drug-likeness (QED) is 0.104. The molecule has 0 atom stereocenters. The van der Waals surface area contributed by atoms with Crippen molar-refractivity contribution < 1.29 is 19.4 Å². The van der Waals surface area contributed by atoms with Crippen molar-refractivity contribution in [3.05, 3.63) is 179 Å². The van der Waals surface area contributed by atoms with E-state index >= 15 is 0 Å². The van der Waals surface area contributed by atoms with Crippen LogP contribution >= 0.6 is 0 Å². The summed E-state index contributed by atoms with van der Waals surface area (Å²) in [6.07, 6.45) is 0. The summed E-state index contributed by atoms with van der Waals surface area (Å²) >= 11 is 0. The van der Waals surface area contributed by atoms with Crippen molar-refractivity contribution in [2.24, 2.45) is 0 Å². The van der Waals surface area contributed by atoms with Crippen LogP contribution in [0.5, 0.6) is 0 Å². The zero-order chi connectivity index (χ0) is 37.0. The van der Waals surface area contributed by atoms with Gasteiger partial charge in [0.1, 0.15) is 29.3 Å². The van der Waals surface area contributed by atoms with Crippen LogP contribution in [-0.2, 0) is 33.8 Å². The van der Waals surface area contributed by atoms with Gasteiger partial charge in [0.2, 0.25) is 0 Å². The molecule has 10 nitrogen and oxygen atoms in total. The van der Waals surface area contributed by atoms with Crippen LogP contribution in [0.15, 0.2) is 140 Å². The van der Waals surface area contributed by atoms with Gasteiger partial charge in [-0.2, -0.15) is 0 Å². The van der Waals surface area contributed by atoms with E-state index in [2.05, 4.69) is 57.8 Å². The molecule has 0 fully saturated rings. The molecule has 0 saturated carbocycles. The van der Waals surface area contributed by atoms with Gasteiger partial charge in [-0.3, -0.25) is 0 Å². The van der Waals surface area contributed by atoms with E-state index in [1.165, 1.54) is 7.11 Å². The summed E-state index contributed by atoms with van der Waals surface area (Å²) in [7, 11) is 2.88. The minimum absolute atomic E-state index is 0.149. The fourth-order valence-corrected chi connectivity index (χ4v) is 7.03. The Labute approximate surface area is 308 Å². The molecule has 1 N–H and O–H groups in total. The van der Waals surface area contributed by atoms with E-state index in [4.69, 9.17) is 14.7 Å². The summed E-state index contributed by atoms with van der Waals surface area (Å²) in [5.74, 6) is 0.522. The number of methoxy groups -OCH3 is 2. The predicted molar refractivity (Wildman–Crippen MR) is 202 cm³/mol. The van der Waals surface area contributed by atoms with Gasteiger partial charge in [0.15, 0.2) is 11.5 Å². The average molecular weight is 705 g/mol. The van der Waals surface area contributed by atoms with Gasteiger partial charge in [-0.25, -0.2) is 14.5 Å². The molecule has 7 aromatic rings. The molecule has 53 heavy (non-hydrogen) atoms. The number of benzene rings is 5. The predicted octanol–water partition coefficient (Wildman–Crippen LogP) is 7.25. The van der Waals surface area contributed by atoms with Crippen LogP contribution in [0.1, 0.15) is 58.1 Å². The third-order valence-electron chi connectivity index (χ3n) is 9.41. The maximum Gasteiger partial charge on any atom is 0.356 e. The van der Waals surface area contributed by atoms with Gasteiger partial charge in [0.05, 0.1) is 7.11 Å². The Morgan fingerprint density at radius 2 is 1.25 bits per heavy atom. The summed E-state index contributed by atoms with van der Waals surface area (Å²) in [6.45, 7) is 3.64. The maximum absolute atomic E-state index is 13.0. The molecular formula is C43H40N6O4. The first-order valence-electron chi connectivity index (χ1n) is 17.3. The lowest BCUT2D eigenvalue weighted by Crippen LogP contribution is -2.39. The van der Waals surface area contributed by atoms with Gasteiger partial charge >= 0.3 is 5.97 Å². The Hall–Kier alpha value is -6.23. The van der Waals surface area contributed by atoms with Crippen molar-refractivity contribution in [3.63, 3.8) is 0 Å². The maximum atomic E-state index is 13.0. The van der Waals surface area contributed by atoms with Gasteiger partial charge < -0.3 is 19.1 Å². The first-order valence-corrected chi connectivity index (χ1v) is 17.3. The molecule has 0 aliphatic heterocycles. The number of tetrazole rings is 1. The first-order chi connectivity index (χ1) is 25.8. The van der Waals surface area contributed by atoms with Crippen molar-refractivity contribution in [1.29, 1.82) is 0 Å². The van der Waals surface area contributed by atoms with Gasteiger partial charge in [0.25, 0.3) is 0 Å². The van der Waals surface area contributed by atoms with Crippen molar-refractivity contribution in [2.75, 3.05) is 14.2 Å². The van der Waals surface area contributed by atoms with E-state index < -0.39 is 17.1 Å². The minimum Gasteiger partial charge on any atom is -0.464 e. The Bertz CT molecular complexity index is 2220. The van der Waals surface area contributed by atoms with E-state index in [-0.39, 0.29) is 18.0 Å². The lowest BCUT2D eigenvalue weighted by Gasteiger charge is -2.36. The molecule has 0 spiro atoms. The topological polar surface area (TPSA) is 117 Å². The number of imidazole rings is 1. The molecule has 0 aliphatic rings. The van der Waals surface area contributed by atoms with Crippen molar-refractivity contribution in [3.8, 4) is 22.5 Å². The van der Waals surface area contributed by atoms with Crippen LogP contribution in [0, 0.1) is 0 Å². The summed E-state index contributed by atoms with van der Waals surface area (Å²) in [6, 6.07) is 47.2. The zero-order valence-electron chi connectivity index (χ0n) is 30.0. The van der Waals surface area contributed by atoms with E-state index in [1.54, 1.807) is 25.5 Å². The number of esters is 1. The standard InChI is InChI=1S/C43H40N6O4/c1-42(2,51)39-38(41(50)53-4)48(37(44-39)29-52-3)28-30-24-26-31(27-25-30)35-22-14-15-23-36(35)40-45-46-47-49(40)43(32-16-8-5-9-17-32,33-18-10-6-11-19-33)34-20-12-7-13-21-34/h5-27,51H,28-29H2,1-4H3. The number of hydrogen-bond acceptors (Lipinski definition) is 8. The molecule has 0 bridgehead atoms. The number of aliphatic hydroxyl groups is 1. The highest BCUT2D eigenvalue weighted by atomic mass is 16.5. The van der Waals surface area contributed by atoms with Crippen molar-refractivity contribution in [2.45, 2.75) is 38.1 Å². The second kappa shape index (κ2) is 14.8. The highest BCUT2D eigenvalue weighted by Crippen LogP contribution is 2.43. The Kier molecular flexibility index (Phi) is 9.82. The van der Waals surface area contributed by atoms with Gasteiger partial charge in [-0.15, -0.1) is 5.10 Å². The molecule has 10 heteroatoms. The van der Waals surface area contributed by atoms with Crippen molar-refractivity contribution in [1.82, 2.24) is 29.8 Å². The molecule has 7 rings (SSSR count). The Morgan fingerprint density at radius 1 is 0.717 bits per heavy atom. The van der Waals surface area contributed by atoms with Gasteiger partial charge in [-0.05, 0) is 57.7 Å². The Balaban J connectivity index is 1.34. The zero-order valence-corrected chi connectivity index (χ0v) is 30.0. The van der Waals surface area contributed by atoms with E-state index in [0.29, 0.717) is 18.2 Å². The number of carbonyl (C=O) groups is 1. The van der Waals surface area contributed by atoms with Crippen LogP contribution in [0.4, 0.5) is 0 Å². The number of ether oxygens (including phenoxy) is 2. The average Bonchev–Trinajstić information content (AvgIpc) is 3.82. The van der Waals surface area contributed by atoms with Crippen molar-refractivity contribution >= 4 is 5.97 Å². The van der Waals surface area contributed by atoms with Crippen LogP contribution in [0.25, 0.3) is 22.5 Å². The molecule has 0 saturated heterocycles. The largest absolute Gasteiger partial charge is 0.464 e. The van der Waals surface area contributed by atoms with E-state index in [9.17, 15) is 9.90 Å². The van der Waals surface area contributed by atoms with Crippen LogP contribution in [-0.4, -0.2) is 55.1 Å². The number of hydrogen-bond donors (Lipinski definition) is 1. The number of carbonyl (C=O) groups excluding carboxylic acids is 1. The highest BCUT2D eigenvalue weighted by molar-refractivity contribution is 5.89. The summed E-state index contributed by atoms with van der Waals surface area (Å²) in [5, 5.41) is 24.6. The smallest absolute Gasteiger partial charge is 0.356 e. The molecule has 5 aromatic carbocycles. The minimum atomic E-state index is -1.38. The summed E-state index contributed by atoms with van der Waals surface area (Å²) in [4.78, 5) is 17.6. The molecule has 0 amide bonds. The molecule has 0 aliphatic carbocycles. The normalized spacial score (nSPS) is 11.8. The lowest BCUT2D eigenvalue weighted by molar-refractivity contribution is 0.0532. The Morgan fingerprint density at radius 3 is 1.75 bits per heavy atom. The van der Waals surface area contributed by atoms with Gasteiger partial charge in [0, 0.05) is 19.2 Å².